The lowest BCUT2D eigenvalue weighted by molar-refractivity contribution is -0.117. The molecule has 1 saturated heterocycles. The molecule has 33 heavy (non-hydrogen) atoms. The monoisotopic (exact) mass is 471 g/mol. The summed E-state index contributed by atoms with van der Waals surface area (Å²) in [5.74, 6) is -0.702. The van der Waals surface area contributed by atoms with Gasteiger partial charge in [0.1, 0.15) is 0 Å². The zero-order valence-electron chi connectivity index (χ0n) is 18.7. The van der Waals surface area contributed by atoms with E-state index in [1.165, 1.54) is 28.6 Å². The lowest BCUT2D eigenvalue weighted by Gasteiger charge is -2.22. The second kappa shape index (κ2) is 10.3. The maximum atomic E-state index is 13.1. The predicted molar refractivity (Wildman–Crippen MR) is 125 cm³/mol. The Kier molecular flexibility index (Phi) is 7.68. The number of aryl methyl sites for hydroxylation is 2. The molecule has 1 aliphatic rings. The van der Waals surface area contributed by atoms with Gasteiger partial charge in [-0.1, -0.05) is 35.9 Å². The Morgan fingerprint density at radius 2 is 1.79 bits per heavy atom. The Labute approximate surface area is 194 Å². The first-order valence-corrected chi connectivity index (χ1v) is 12.1. The van der Waals surface area contributed by atoms with E-state index in [1.807, 2.05) is 26.0 Å². The smallest absolute Gasteiger partial charge is 0.251 e. The van der Waals surface area contributed by atoms with Crippen molar-refractivity contribution in [2.75, 3.05) is 13.2 Å². The van der Waals surface area contributed by atoms with Crippen molar-refractivity contribution < 1.29 is 23.1 Å². The highest BCUT2D eigenvalue weighted by Crippen LogP contribution is 2.26. The summed E-state index contributed by atoms with van der Waals surface area (Å²) >= 11 is 0. The predicted octanol–water partition coefficient (Wildman–Crippen LogP) is 1.66. The van der Waals surface area contributed by atoms with Crippen molar-refractivity contribution in [1.29, 1.82) is 0 Å². The fourth-order valence-electron chi connectivity index (χ4n) is 4.08. The van der Waals surface area contributed by atoms with Gasteiger partial charge in [0.15, 0.2) is 0 Å². The molecule has 9 heteroatoms. The summed E-state index contributed by atoms with van der Waals surface area (Å²) in [6.45, 7) is 7.43. The lowest BCUT2D eigenvalue weighted by atomic mass is 10.1. The van der Waals surface area contributed by atoms with Crippen molar-refractivity contribution in [2.24, 2.45) is 0 Å². The maximum absolute atomic E-state index is 13.1. The molecule has 2 aromatic rings. The van der Waals surface area contributed by atoms with E-state index in [1.54, 1.807) is 0 Å². The molecular weight excluding hydrogens is 442 g/mol. The van der Waals surface area contributed by atoms with Crippen LogP contribution in [0.3, 0.4) is 0 Å². The quantitative estimate of drug-likeness (QED) is 0.507. The summed E-state index contributed by atoms with van der Waals surface area (Å²) in [5, 5.41) is 15.2. The van der Waals surface area contributed by atoms with Gasteiger partial charge in [-0.25, -0.2) is 8.42 Å². The Morgan fingerprint density at radius 3 is 2.36 bits per heavy atom. The molecule has 2 atom stereocenters. The zero-order valence-corrected chi connectivity index (χ0v) is 19.6. The molecule has 0 spiro atoms. The van der Waals surface area contributed by atoms with Crippen LogP contribution in [0.2, 0.25) is 0 Å². The maximum Gasteiger partial charge on any atom is 0.251 e. The summed E-state index contributed by atoms with van der Waals surface area (Å²) in [7, 11) is -3.92. The summed E-state index contributed by atoms with van der Waals surface area (Å²) in [6, 6.07) is 10.7. The van der Waals surface area contributed by atoms with Gasteiger partial charge >= 0.3 is 0 Å². The van der Waals surface area contributed by atoms with E-state index in [4.69, 9.17) is 0 Å². The number of sulfonamides is 1. The van der Waals surface area contributed by atoms with E-state index in [0.717, 1.165) is 22.8 Å². The van der Waals surface area contributed by atoms with Crippen LogP contribution in [0.25, 0.3) is 0 Å². The van der Waals surface area contributed by atoms with Crippen molar-refractivity contribution in [2.45, 2.75) is 43.8 Å². The molecule has 8 nitrogen and oxygen atoms in total. The molecule has 1 fully saturated rings. The number of hydrogen-bond donors (Lipinski definition) is 3. The summed E-state index contributed by atoms with van der Waals surface area (Å²) in [4.78, 5) is 24.1. The van der Waals surface area contributed by atoms with E-state index in [2.05, 4.69) is 23.3 Å². The molecule has 176 valence electrons. The van der Waals surface area contributed by atoms with Gasteiger partial charge in [0.2, 0.25) is 15.9 Å². The van der Waals surface area contributed by atoms with E-state index in [9.17, 15) is 23.1 Å². The molecule has 0 aliphatic carbocycles. The van der Waals surface area contributed by atoms with Crippen LogP contribution in [0.5, 0.6) is 0 Å². The van der Waals surface area contributed by atoms with Crippen LogP contribution in [-0.2, 0) is 21.4 Å². The third-order valence-corrected chi connectivity index (χ3v) is 7.50. The van der Waals surface area contributed by atoms with E-state index in [-0.39, 0.29) is 24.0 Å². The van der Waals surface area contributed by atoms with Gasteiger partial charge in [0.05, 0.1) is 17.5 Å². The van der Waals surface area contributed by atoms with Crippen LogP contribution in [-0.4, -0.2) is 54.9 Å². The Bertz CT molecular complexity index is 1120. The number of hydrogen-bond acceptors (Lipinski definition) is 5. The molecule has 3 rings (SSSR count). The van der Waals surface area contributed by atoms with Crippen LogP contribution < -0.4 is 10.6 Å². The molecule has 0 radical (unpaired) electrons. The highest BCUT2D eigenvalue weighted by atomic mass is 32.2. The van der Waals surface area contributed by atoms with Crippen molar-refractivity contribution in [3.05, 3.63) is 77.4 Å². The average Bonchev–Trinajstić information content (AvgIpc) is 3.20. The molecule has 1 heterocycles. The number of benzene rings is 2. The van der Waals surface area contributed by atoms with Crippen LogP contribution in [0, 0.1) is 13.8 Å². The highest BCUT2D eigenvalue weighted by molar-refractivity contribution is 7.89. The van der Waals surface area contributed by atoms with Crippen LogP contribution >= 0.6 is 0 Å². The van der Waals surface area contributed by atoms with Gasteiger partial charge in [-0.15, -0.1) is 0 Å². The molecule has 0 bridgehead atoms. The second-order valence-electron chi connectivity index (χ2n) is 8.26. The van der Waals surface area contributed by atoms with Crippen LogP contribution in [0.1, 0.15) is 33.5 Å². The molecule has 2 amide bonds. The Hall–Kier alpha value is -3.01. The van der Waals surface area contributed by atoms with E-state index in [0.29, 0.717) is 18.5 Å². The average molecular weight is 472 g/mol. The zero-order chi connectivity index (χ0) is 24.2. The number of aliphatic hydroxyl groups excluding tert-OH is 1. The van der Waals surface area contributed by atoms with Gasteiger partial charge in [0, 0.05) is 24.7 Å². The number of aliphatic hydroxyl groups is 1. The summed E-state index contributed by atoms with van der Waals surface area (Å²) < 4.78 is 27.5. The molecule has 2 unspecified atom stereocenters. The molecule has 1 aliphatic heterocycles. The lowest BCUT2D eigenvalue weighted by Crippen LogP contribution is -2.39. The van der Waals surface area contributed by atoms with Gasteiger partial charge < -0.3 is 15.7 Å². The minimum Gasteiger partial charge on any atom is -0.395 e. The van der Waals surface area contributed by atoms with Gasteiger partial charge in [-0.2, -0.15) is 4.31 Å². The topological polar surface area (TPSA) is 116 Å². The van der Waals surface area contributed by atoms with E-state index >= 15 is 0 Å². The normalized spacial score (nSPS) is 18.6. The number of nitrogens with one attached hydrogen (secondary N) is 2. The van der Waals surface area contributed by atoms with Crippen LogP contribution in [0.4, 0.5) is 0 Å². The number of amides is 2. The van der Waals surface area contributed by atoms with Crippen molar-refractivity contribution in [1.82, 2.24) is 14.9 Å². The van der Waals surface area contributed by atoms with Gasteiger partial charge in [-0.3, -0.25) is 9.59 Å². The summed E-state index contributed by atoms with van der Waals surface area (Å²) in [6.07, 6.45) is 1.42. The Morgan fingerprint density at radius 1 is 1.15 bits per heavy atom. The molecule has 3 N–H and O–H groups in total. The third kappa shape index (κ3) is 5.87. The SMILES string of the molecule is C=CC(=O)NC1CC(CO)N(S(=O)(=O)c2ccc(C(=O)NCc3cc(C)cc(C)c3)cc2)C1. The van der Waals surface area contributed by atoms with Crippen LogP contribution in [0.15, 0.2) is 60.0 Å². The van der Waals surface area contributed by atoms with Crippen molar-refractivity contribution >= 4 is 21.8 Å². The van der Waals surface area contributed by atoms with Crippen molar-refractivity contribution in [3.8, 4) is 0 Å². The summed E-state index contributed by atoms with van der Waals surface area (Å²) in [5.41, 5.74) is 3.56. The largest absolute Gasteiger partial charge is 0.395 e. The minimum atomic E-state index is -3.92. The number of nitrogens with zero attached hydrogens (tertiary/aromatic N) is 1. The minimum absolute atomic E-state index is 0.0162. The second-order valence-corrected chi connectivity index (χ2v) is 10.2. The van der Waals surface area contributed by atoms with Crippen molar-refractivity contribution in [3.63, 3.8) is 0 Å². The molecule has 0 saturated carbocycles. The number of rotatable bonds is 8. The number of carbonyl (C=O) groups excluding carboxylic acids is 2. The first-order valence-electron chi connectivity index (χ1n) is 10.6. The third-order valence-electron chi connectivity index (χ3n) is 5.56. The fraction of sp³-hybridized carbons (Fsp3) is 0.333. The fourth-order valence-corrected chi connectivity index (χ4v) is 5.75. The number of carbonyl (C=O) groups is 2. The van der Waals surface area contributed by atoms with Gasteiger partial charge in [-0.05, 0) is 56.2 Å². The standard InChI is InChI=1S/C24H29N3O5S/c1-4-23(29)26-20-12-21(15-28)27(14-20)33(31,32)22-7-5-19(6-8-22)24(30)25-13-18-10-16(2)9-17(3)11-18/h4-11,20-21,28H,1,12-15H2,2-3H3,(H,25,30)(H,26,29). The molecule has 0 aromatic heterocycles. The highest BCUT2D eigenvalue weighted by Gasteiger charge is 2.40. The first-order chi connectivity index (χ1) is 15.6. The Balaban J connectivity index is 1.69. The molecule has 2 aromatic carbocycles. The molecular formula is C24H29N3O5S. The van der Waals surface area contributed by atoms with Gasteiger partial charge in [0.25, 0.3) is 5.91 Å². The van der Waals surface area contributed by atoms with E-state index < -0.39 is 28.0 Å². The first kappa shape index (κ1) is 24.6.